The van der Waals surface area contributed by atoms with Crippen molar-refractivity contribution in [1.82, 2.24) is 0 Å². The van der Waals surface area contributed by atoms with Crippen molar-refractivity contribution in [3.8, 4) is 5.75 Å². The maximum Gasteiger partial charge on any atom is 0.248 e. The predicted molar refractivity (Wildman–Crippen MR) is 106 cm³/mol. The molecule has 1 amide bonds. The third-order valence-corrected chi connectivity index (χ3v) is 3.40. The van der Waals surface area contributed by atoms with Crippen molar-refractivity contribution in [3.05, 3.63) is 78.0 Å². The highest BCUT2D eigenvalue weighted by Crippen LogP contribution is 2.16. The molecule has 0 saturated heterocycles. The highest BCUT2D eigenvalue weighted by atomic mass is 19.1. The van der Waals surface area contributed by atoms with E-state index >= 15 is 0 Å². The fourth-order valence-electron chi connectivity index (χ4n) is 2.10. The van der Waals surface area contributed by atoms with Gasteiger partial charge in [-0.25, -0.2) is 8.78 Å². The molecule has 6 nitrogen and oxygen atoms in total. The molecule has 0 saturated carbocycles. The largest absolute Gasteiger partial charge is 0.491 e. The Balaban J connectivity index is 1.80. The van der Waals surface area contributed by atoms with E-state index in [9.17, 15) is 13.6 Å². The van der Waals surface area contributed by atoms with Gasteiger partial charge in [0.05, 0.1) is 17.9 Å². The van der Waals surface area contributed by atoms with Gasteiger partial charge in [0.15, 0.2) is 0 Å². The predicted octanol–water partition coefficient (Wildman–Crippen LogP) is 3.03. The number of hydrogen-bond donors (Lipinski definition) is 3. The molecule has 5 N–H and O–H groups in total. The monoisotopic (exact) mass is 386 g/mol. The van der Waals surface area contributed by atoms with E-state index in [1.165, 1.54) is 24.6 Å². The molecule has 8 heteroatoms. The molecule has 0 aliphatic rings. The number of carbonyl (C=O) groups excluding carboxylic acids is 1. The van der Waals surface area contributed by atoms with Crippen LogP contribution in [0.3, 0.4) is 0 Å². The van der Waals surface area contributed by atoms with Gasteiger partial charge in [-0.05, 0) is 18.2 Å². The maximum absolute atomic E-state index is 13.0. The van der Waals surface area contributed by atoms with Crippen LogP contribution in [0, 0.1) is 11.6 Å². The molecule has 0 bridgehead atoms. The zero-order valence-corrected chi connectivity index (χ0v) is 14.9. The summed E-state index contributed by atoms with van der Waals surface area (Å²) in [5.74, 6) is -1.72. The molecular formula is C20H20F2N4O2. The van der Waals surface area contributed by atoms with E-state index in [1.54, 1.807) is 24.3 Å². The topological polar surface area (TPSA) is 103 Å². The molecule has 0 radical (unpaired) electrons. The Morgan fingerprint density at radius 3 is 2.54 bits per heavy atom. The minimum absolute atomic E-state index is 0.0824. The third kappa shape index (κ3) is 6.91. The van der Waals surface area contributed by atoms with E-state index in [-0.39, 0.29) is 24.8 Å². The summed E-state index contributed by atoms with van der Waals surface area (Å²) in [6, 6.07) is 9.81. The number of hydrogen-bond acceptors (Lipinski definition) is 5. The van der Waals surface area contributed by atoms with Gasteiger partial charge < -0.3 is 21.5 Å². The highest BCUT2D eigenvalue weighted by molar-refractivity contribution is 6.02. The standard InChI is InChI=1S/C20H20F2N4O2/c21-15-9-16(22)11-17(10-15)28-8-7-25-13-14(12-23)5-6-20(27)26-19-4-2-1-3-18(19)24/h1-6,9-13H,7-8,23-24H2,(H,26,27)/b6-5+,14-12?,25-13?. The van der Waals surface area contributed by atoms with Crippen LogP contribution in [-0.4, -0.2) is 25.3 Å². The van der Waals surface area contributed by atoms with Crippen LogP contribution in [0.4, 0.5) is 20.2 Å². The van der Waals surface area contributed by atoms with Gasteiger partial charge in [0.1, 0.15) is 24.0 Å². The van der Waals surface area contributed by atoms with Crippen LogP contribution in [0.2, 0.25) is 0 Å². The second kappa shape index (κ2) is 10.5. The van der Waals surface area contributed by atoms with Gasteiger partial charge >= 0.3 is 0 Å². The SMILES string of the molecule is NC=C(C=NCCOc1cc(F)cc(F)c1)/C=C/C(=O)Nc1ccccc1N. The minimum Gasteiger partial charge on any atom is -0.491 e. The van der Waals surface area contributed by atoms with E-state index in [0.717, 1.165) is 18.2 Å². The summed E-state index contributed by atoms with van der Waals surface area (Å²) in [7, 11) is 0. The molecule has 0 fully saturated rings. The number of nitrogens with zero attached hydrogens (tertiary/aromatic N) is 1. The van der Waals surface area contributed by atoms with E-state index < -0.39 is 11.6 Å². The minimum atomic E-state index is -0.715. The Hall–Kier alpha value is -3.68. The molecule has 0 spiro atoms. The first-order chi connectivity index (χ1) is 13.5. The van der Waals surface area contributed by atoms with Gasteiger partial charge in [0, 0.05) is 42.3 Å². The lowest BCUT2D eigenvalue weighted by Crippen LogP contribution is -2.09. The van der Waals surface area contributed by atoms with Crippen LogP contribution in [0.1, 0.15) is 0 Å². The van der Waals surface area contributed by atoms with Crippen LogP contribution >= 0.6 is 0 Å². The van der Waals surface area contributed by atoms with Crippen molar-refractivity contribution in [3.63, 3.8) is 0 Å². The first-order valence-corrected chi connectivity index (χ1v) is 8.32. The van der Waals surface area contributed by atoms with Crippen molar-refractivity contribution in [2.24, 2.45) is 10.7 Å². The zero-order chi connectivity index (χ0) is 20.4. The fraction of sp³-hybridized carbons (Fsp3) is 0.100. The number of nitrogens with two attached hydrogens (primary N) is 2. The first-order valence-electron chi connectivity index (χ1n) is 8.32. The smallest absolute Gasteiger partial charge is 0.248 e. The summed E-state index contributed by atoms with van der Waals surface area (Å²) in [4.78, 5) is 16.0. The number of para-hydroxylation sites is 2. The summed E-state index contributed by atoms with van der Waals surface area (Å²) in [5, 5.41) is 2.65. The fourth-order valence-corrected chi connectivity index (χ4v) is 2.10. The molecule has 2 rings (SSSR count). The molecular weight excluding hydrogens is 366 g/mol. The summed E-state index contributed by atoms with van der Waals surface area (Å²) in [5.41, 5.74) is 12.7. The molecule has 0 aliphatic carbocycles. The molecule has 2 aromatic rings. The number of aliphatic imine (C=N–C) groups is 1. The second-order valence-corrected chi connectivity index (χ2v) is 5.57. The van der Waals surface area contributed by atoms with Crippen LogP contribution < -0.4 is 21.5 Å². The van der Waals surface area contributed by atoms with Crippen molar-refractivity contribution in [2.45, 2.75) is 0 Å². The van der Waals surface area contributed by atoms with Gasteiger partial charge in [-0.3, -0.25) is 9.79 Å². The van der Waals surface area contributed by atoms with E-state index in [1.807, 2.05) is 0 Å². The zero-order valence-electron chi connectivity index (χ0n) is 14.9. The molecule has 0 heterocycles. The number of anilines is 2. The Morgan fingerprint density at radius 1 is 1.14 bits per heavy atom. The van der Waals surface area contributed by atoms with Crippen LogP contribution in [-0.2, 0) is 4.79 Å². The van der Waals surface area contributed by atoms with Crippen molar-refractivity contribution < 1.29 is 18.3 Å². The third-order valence-electron chi connectivity index (χ3n) is 3.40. The number of ether oxygens (including phenoxy) is 1. The molecule has 0 aromatic heterocycles. The lowest BCUT2D eigenvalue weighted by Gasteiger charge is -2.05. The Bertz CT molecular complexity index is 891. The summed E-state index contributed by atoms with van der Waals surface area (Å²) < 4.78 is 31.3. The number of halogens is 2. The van der Waals surface area contributed by atoms with E-state index in [0.29, 0.717) is 16.9 Å². The number of carbonyl (C=O) groups is 1. The number of nitrogens with one attached hydrogen (secondary N) is 1. The van der Waals surface area contributed by atoms with E-state index in [2.05, 4.69) is 10.3 Å². The van der Waals surface area contributed by atoms with Gasteiger partial charge in [-0.1, -0.05) is 12.1 Å². The van der Waals surface area contributed by atoms with Crippen molar-refractivity contribution >= 4 is 23.5 Å². The number of allylic oxidation sites excluding steroid dienone is 2. The average Bonchev–Trinajstić information content (AvgIpc) is 2.65. The molecule has 0 atom stereocenters. The second-order valence-electron chi connectivity index (χ2n) is 5.57. The highest BCUT2D eigenvalue weighted by Gasteiger charge is 2.02. The number of benzene rings is 2. The Morgan fingerprint density at radius 2 is 1.86 bits per heavy atom. The number of nitrogen functional groups attached to an aromatic ring is 1. The van der Waals surface area contributed by atoms with Gasteiger partial charge in [0.2, 0.25) is 5.91 Å². The Kier molecular flexibility index (Phi) is 7.71. The van der Waals surface area contributed by atoms with Crippen molar-refractivity contribution in [1.29, 1.82) is 0 Å². The first kappa shape index (κ1) is 20.6. The Labute approximate surface area is 161 Å². The molecule has 0 unspecified atom stereocenters. The molecule has 2 aromatic carbocycles. The van der Waals surface area contributed by atoms with Gasteiger partial charge in [0.25, 0.3) is 0 Å². The number of rotatable bonds is 8. The summed E-state index contributed by atoms with van der Waals surface area (Å²) >= 11 is 0. The van der Waals surface area contributed by atoms with Gasteiger partial charge in [-0.2, -0.15) is 0 Å². The lowest BCUT2D eigenvalue weighted by atomic mass is 10.2. The lowest BCUT2D eigenvalue weighted by molar-refractivity contribution is -0.111. The summed E-state index contributed by atoms with van der Waals surface area (Å²) in [6.45, 7) is 0.352. The maximum atomic E-state index is 13.0. The van der Waals surface area contributed by atoms with Crippen molar-refractivity contribution in [2.75, 3.05) is 24.2 Å². The molecule has 146 valence electrons. The van der Waals surface area contributed by atoms with Crippen LogP contribution in [0.15, 0.2) is 71.4 Å². The van der Waals surface area contributed by atoms with Gasteiger partial charge in [-0.15, -0.1) is 0 Å². The normalized spacial score (nSPS) is 11.9. The summed E-state index contributed by atoms with van der Waals surface area (Å²) in [6.07, 6.45) is 5.52. The molecule has 0 aliphatic heterocycles. The average molecular weight is 386 g/mol. The van der Waals surface area contributed by atoms with Crippen LogP contribution in [0.5, 0.6) is 5.75 Å². The van der Waals surface area contributed by atoms with E-state index in [4.69, 9.17) is 16.2 Å². The number of amides is 1. The van der Waals surface area contributed by atoms with Crippen LogP contribution in [0.25, 0.3) is 0 Å². The quantitative estimate of drug-likeness (QED) is 0.213. The molecule has 28 heavy (non-hydrogen) atoms.